The maximum absolute atomic E-state index is 13.3. The molecule has 3 aromatic carbocycles. The molecule has 0 aliphatic heterocycles. The molecular weight excluding hydrogens is 398 g/mol. The second-order valence-corrected chi connectivity index (χ2v) is 12.6. The Labute approximate surface area is 187 Å². The number of anilines is 1. The van der Waals surface area contributed by atoms with Crippen LogP contribution in [0.4, 0.5) is 5.69 Å². The van der Waals surface area contributed by atoms with Gasteiger partial charge in [0.05, 0.1) is 11.7 Å². The molecule has 0 spiro atoms. The lowest BCUT2D eigenvalue weighted by atomic mass is 9.97. The average Bonchev–Trinajstić information content (AvgIpc) is 2.85. The van der Waals surface area contributed by atoms with Crippen molar-refractivity contribution in [2.45, 2.75) is 51.4 Å². The summed E-state index contributed by atoms with van der Waals surface area (Å²) < 4.78 is 6.95. The van der Waals surface area contributed by atoms with Gasteiger partial charge in [-0.1, -0.05) is 99.6 Å². The first-order valence-electron chi connectivity index (χ1n) is 11.3. The van der Waals surface area contributed by atoms with Crippen molar-refractivity contribution < 1.29 is 9.32 Å². The summed E-state index contributed by atoms with van der Waals surface area (Å²) in [5.41, 5.74) is 2.81. The highest BCUT2D eigenvalue weighted by Gasteiger charge is 2.36. The van der Waals surface area contributed by atoms with Gasteiger partial charge >= 0.3 is 0 Å². The Morgan fingerprint density at radius 1 is 0.774 bits per heavy atom. The maximum atomic E-state index is 13.3. The van der Waals surface area contributed by atoms with Crippen LogP contribution in [0.3, 0.4) is 0 Å². The van der Waals surface area contributed by atoms with E-state index >= 15 is 0 Å². The van der Waals surface area contributed by atoms with Crippen molar-refractivity contribution in [2.75, 3.05) is 5.06 Å². The topological polar surface area (TPSA) is 29.5 Å². The van der Waals surface area contributed by atoms with Gasteiger partial charge in [0.2, 0.25) is 8.32 Å². The summed E-state index contributed by atoms with van der Waals surface area (Å²) in [6, 6.07) is 32.9. The highest BCUT2D eigenvalue weighted by Crippen LogP contribution is 2.35. The third kappa shape index (κ3) is 5.72. The van der Waals surface area contributed by atoms with Gasteiger partial charge in [-0.15, -0.1) is 0 Å². The first-order chi connectivity index (χ1) is 15.1. The molecule has 0 amide bonds. The number of hydrogen-bond donors (Lipinski definition) is 0. The van der Waals surface area contributed by atoms with Gasteiger partial charge in [-0.25, -0.2) is 0 Å². The van der Waals surface area contributed by atoms with E-state index in [-0.39, 0.29) is 11.8 Å². The first-order valence-corrected chi connectivity index (χ1v) is 13.8. The van der Waals surface area contributed by atoms with Crippen molar-refractivity contribution in [1.29, 1.82) is 0 Å². The van der Waals surface area contributed by atoms with Crippen LogP contribution in [-0.4, -0.2) is 14.1 Å². The molecule has 0 fully saturated rings. The summed E-state index contributed by atoms with van der Waals surface area (Å²) >= 11 is 0. The fourth-order valence-corrected chi connectivity index (χ4v) is 6.49. The predicted molar refractivity (Wildman–Crippen MR) is 132 cm³/mol. The van der Waals surface area contributed by atoms with E-state index in [1.54, 1.807) is 0 Å². The number of para-hydroxylation sites is 1. The zero-order valence-corrected chi connectivity index (χ0v) is 19.8. The van der Waals surface area contributed by atoms with Crippen molar-refractivity contribution in [3.63, 3.8) is 0 Å². The molecule has 0 aliphatic carbocycles. The Balaban J connectivity index is 2.05. The minimum absolute atomic E-state index is 0.121. The van der Waals surface area contributed by atoms with Gasteiger partial charge in [0.25, 0.3) is 0 Å². The Kier molecular flexibility index (Phi) is 8.21. The van der Waals surface area contributed by atoms with Crippen LogP contribution in [0.15, 0.2) is 91.0 Å². The van der Waals surface area contributed by atoms with E-state index in [1.807, 2.05) is 71.8 Å². The number of hydroxylamine groups is 1. The maximum Gasteiger partial charge on any atom is 0.228 e. The quantitative estimate of drug-likeness (QED) is 0.179. The average molecular weight is 432 g/mol. The molecule has 31 heavy (non-hydrogen) atoms. The Morgan fingerprint density at radius 2 is 1.26 bits per heavy atom. The number of benzene rings is 3. The molecule has 0 radical (unpaired) electrons. The van der Waals surface area contributed by atoms with Crippen molar-refractivity contribution in [3.05, 3.63) is 102 Å². The van der Waals surface area contributed by atoms with E-state index < -0.39 is 8.32 Å². The third-order valence-electron chi connectivity index (χ3n) is 6.18. The van der Waals surface area contributed by atoms with E-state index in [0.29, 0.717) is 6.42 Å². The number of rotatable bonds is 11. The highest BCUT2D eigenvalue weighted by atomic mass is 28.4. The summed E-state index contributed by atoms with van der Waals surface area (Å²) in [7, 11) is -1.97. The van der Waals surface area contributed by atoms with E-state index in [2.05, 4.69) is 45.0 Å². The number of ketones is 1. The molecule has 3 aromatic rings. The van der Waals surface area contributed by atoms with E-state index in [4.69, 9.17) is 4.53 Å². The van der Waals surface area contributed by atoms with Gasteiger partial charge in [-0.3, -0.25) is 9.86 Å². The molecule has 0 bridgehead atoms. The SMILES string of the molecule is CC[Si](CC)(CC)ON(c1ccccc1)C(CC(=O)c1ccccc1)c1ccccc1. The summed E-state index contributed by atoms with van der Waals surface area (Å²) in [4.78, 5) is 13.3. The van der Waals surface area contributed by atoms with Gasteiger partial charge in [0.15, 0.2) is 5.78 Å². The number of nitrogens with zero attached hydrogens (tertiary/aromatic N) is 1. The molecule has 3 nitrogen and oxygen atoms in total. The van der Waals surface area contributed by atoms with Crippen molar-refractivity contribution >= 4 is 19.8 Å². The minimum atomic E-state index is -1.97. The van der Waals surface area contributed by atoms with Gasteiger partial charge in [-0.2, -0.15) is 0 Å². The summed E-state index contributed by atoms with van der Waals surface area (Å²) in [6.45, 7) is 6.69. The predicted octanol–water partition coefficient (Wildman–Crippen LogP) is 7.44. The fourth-order valence-electron chi connectivity index (χ4n) is 3.95. The van der Waals surface area contributed by atoms with E-state index in [1.165, 1.54) is 0 Å². The van der Waals surface area contributed by atoms with Gasteiger partial charge in [0, 0.05) is 12.0 Å². The third-order valence-corrected chi connectivity index (χ3v) is 10.6. The lowest BCUT2D eigenvalue weighted by Gasteiger charge is -2.40. The fraction of sp³-hybridized carbons (Fsp3) is 0.296. The van der Waals surface area contributed by atoms with Gasteiger partial charge < -0.3 is 4.53 Å². The van der Waals surface area contributed by atoms with E-state index in [0.717, 1.165) is 34.9 Å². The molecule has 0 aliphatic rings. The molecule has 162 valence electrons. The molecule has 0 heterocycles. The molecule has 0 aromatic heterocycles. The molecule has 0 N–H and O–H groups in total. The summed E-state index contributed by atoms with van der Waals surface area (Å²) in [6.07, 6.45) is 0.352. The minimum Gasteiger partial charge on any atom is -0.319 e. The number of hydrogen-bond acceptors (Lipinski definition) is 3. The molecule has 3 rings (SSSR count). The van der Waals surface area contributed by atoms with Crippen LogP contribution in [-0.2, 0) is 4.53 Å². The standard InChI is InChI=1S/C27H33NO2Si/c1-4-31(5-2,6-3)30-28(25-20-14-9-15-21-25)26(23-16-10-7-11-17-23)22-27(29)24-18-12-8-13-19-24/h7-21,26H,4-6,22H2,1-3H3. The van der Waals surface area contributed by atoms with Gasteiger partial charge in [0.1, 0.15) is 0 Å². The molecule has 0 saturated carbocycles. The largest absolute Gasteiger partial charge is 0.319 e. The van der Waals surface area contributed by atoms with Crippen LogP contribution < -0.4 is 5.06 Å². The second-order valence-electron chi connectivity index (χ2n) is 7.92. The lowest BCUT2D eigenvalue weighted by Crippen LogP contribution is -2.45. The second kappa shape index (κ2) is 11.1. The number of carbonyl (C=O) groups excluding carboxylic acids is 1. The zero-order chi connectivity index (χ0) is 22.1. The van der Waals surface area contributed by atoms with Crippen molar-refractivity contribution in [2.24, 2.45) is 0 Å². The van der Waals surface area contributed by atoms with Crippen LogP contribution in [0.5, 0.6) is 0 Å². The summed E-state index contributed by atoms with van der Waals surface area (Å²) in [5.74, 6) is 0.121. The lowest BCUT2D eigenvalue weighted by molar-refractivity contribution is 0.0952. The van der Waals surface area contributed by atoms with Crippen LogP contribution in [0.1, 0.15) is 49.2 Å². The van der Waals surface area contributed by atoms with E-state index in [9.17, 15) is 4.79 Å². The zero-order valence-electron chi connectivity index (χ0n) is 18.8. The Hall–Kier alpha value is -2.69. The van der Waals surface area contributed by atoms with Crippen LogP contribution in [0.25, 0.3) is 0 Å². The number of Topliss-reactive ketones (excluding diaryl/α,β-unsaturated/α-hetero) is 1. The normalized spacial score (nSPS) is 12.4. The Morgan fingerprint density at radius 3 is 1.77 bits per heavy atom. The summed E-state index contributed by atoms with van der Waals surface area (Å²) in [5, 5.41) is 2.04. The van der Waals surface area contributed by atoms with Crippen LogP contribution >= 0.6 is 0 Å². The van der Waals surface area contributed by atoms with Crippen LogP contribution in [0, 0.1) is 0 Å². The smallest absolute Gasteiger partial charge is 0.228 e. The highest BCUT2D eigenvalue weighted by molar-refractivity contribution is 6.73. The molecule has 4 heteroatoms. The molecule has 1 unspecified atom stereocenters. The molecule has 1 atom stereocenters. The van der Waals surface area contributed by atoms with Crippen molar-refractivity contribution in [3.8, 4) is 0 Å². The monoisotopic (exact) mass is 431 g/mol. The number of carbonyl (C=O) groups is 1. The Bertz CT molecular complexity index is 919. The van der Waals surface area contributed by atoms with Crippen molar-refractivity contribution in [1.82, 2.24) is 0 Å². The molecular formula is C27H33NO2Si. The van der Waals surface area contributed by atoms with Crippen LogP contribution in [0.2, 0.25) is 18.1 Å². The molecule has 0 saturated heterocycles. The first kappa shape index (κ1) is 23.0. The van der Waals surface area contributed by atoms with Gasteiger partial charge in [-0.05, 0) is 35.8 Å².